The van der Waals surface area contributed by atoms with Crippen LogP contribution in [0.5, 0.6) is 5.75 Å². The molecule has 0 amide bonds. The molecule has 0 unspecified atom stereocenters. The highest BCUT2D eigenvalue weighted by Crippen LogP contribution is 2.41. The summed E-state index contributed by atoms with van der Waals surface area (Å²) in [7, 11) is 0. The summed E-state index contributed by atoms with van der Waals surface area (Å²) in [6.07, 6.45) is 24.3. The molecule has 14 rings (SSSR count). The molecule has 0 heterocycles. The van der Waals surface area contributed by atoms with Gasteiger partial charge in [-0.1, -0.05) is 282 Å². The van der Waals surface area contributed by atoms with Crippen molar-refractivity contribution in [3.8, 4) is 39.1 Å². The first kappa shape index (κ1) is 108. The molecule has 5 aliphatic rings. The largest absolute Gasteiger partial charge is 0.490 e. The van der Waals surface area contributed by atoms with Crippen LogP contribution in [0.2, 0.25) is 0 Å². The Labute approximate surface area is 727 Å². The van der Waals surface area contributed by atoms with Gasteiger partial charge in [0, 0.05) is 27.8 Å². The van der Waals surface area contributed by atoms with E-state index < -0.39 is 69.8 Å². The fourth-order valence-electron chi connectivity index (χ4n) is 16.1. The summed E-state index contributed by atoms with van der Waals surface area (Å²) in [4.78, 5) is 0. The van der Waals surface area contributed by atoms with Crippen LogP contribution in [0.25, 0.3) is 33.4 Å². The number of ether oxygens (including phenoxy) is 3. The standard InChI is InChI=1S/C22H32F2O2.C20H16F2.C20H22F2.C15H20F2O.C14H18F2.C10H12F2.6CH4/c1-15-3-9-19(10-4-15)25-13-17-7-8-18(22(24)21(17)23)14-26-20-11-5-16(2)6-12-20;1-13-3-7-15(8-4-13)17-11-12-18(20(22)19(17)21)16-9-5-14(2)6-10-16;1-13-3-6-15(7-4-13)16-8-10-17(11-9-16)18-12-5-14(2)19(21)20(18)22;1-10-3-6-12(7-4-10)9-18-13-8-5-11(2)14(16)15(13)17;1-9-3-6-11(7-4-9)12-8-5-10(2)13(15)14(12)16;1-3-4-8-6-5-7(2)9(11)10(8)12;;;;;;/h7-8,15-16,19-20H,3-6,9-14H2,1-2H3;3-12H,1-2H3;5,8-13,15H,3-4,6-7H2,1-2H3;5,8,10,12H,3-4,6-7,9H2,1-2H3;5,8-9,11H,3-4,6-7H2,1-2H3;5-6H,3-4H2,1-2H3;6*1H4. The Bertz CT molecular complexity index is 4440. The number of benzene rings is 9. The van der Waals surface area contributed by atoms with Crippen molar-refractivity contribution in [1.29, 1.82) is 0 Å². The zero-order chi connectivity index (χ0) is 83.9. The van der Waals surface area contributed by atoms with E-state index in [1.165, 1.54) is 50.2 Å². The van der Waals surface area contributed by atoms with E-state index >= 15 is 0 Å². The molecule has 0 radical (unpaired) electrons. The fraction of sp³-hybridized carbons (Fsp3) is 0.495. The van der Waals surface area contributed by atoms with Gasteiger partial charge >= 0.3 is 0 Å². The van der Waals surface area contributed by atoms with Gasteiger partial charge in [0.05, 0.1) is 32.0 Å². The first-order valence-electron chi connectivity index (χ1n) is 42.3. The van der Waals surface area contributed by atoms with E-state index in [4.69, 9.17) is 14.2 Å². The minimum absolute atomic E-state index is 0. The quantitative estimate of drug-likeness (QED) is 0.0903. The molecule has 0 N–H and O–H groups in total. The van der Waals surface area contributed by atoms with Gasteiger partial charge in [-0.3, -0.25) is 0 Å². The Morgan fingerprint density at radius 1 is 0.279 bits per heavy atom. The second-order valence-corrected chi connectivity index (χ2v) is 34.0. The molecular formula is C107H144F12O3. The van der Waals surface area contributed by atoms with Crippen molar-refractivity contribution in [2.75, 3.05) is 6.61 Å². The first-order valence-corrected chi connectivity index (χ1v) is 42.3. The highest BCUT2D eigenvalue weighted by atomic mass is 19.2. The highest BCUT2D eigenvalue weighted by Gasteiger charge is 2.28. The third-order valence-electron chi connectivity index (χ3n) is 24.4. The van der Waals surface area contributed by atoms with Gasteiger partial charge in [0.1, 0.15) is 0 Å². The predicted molar refractivity (Wildman–Crippen MR) is 487 cm³/mol. The molecule has 9 aromatic rings. The normalized spacial score (nSPS) is 20.1. The van der Waals surface area contributed by atoms with Crippen molar-refractivity contribution in [2.24, 2.45) is 35.5 Å². The van der Waals surface area contributed by atoms with Gasteiger partial charge in [0.15, 0.2) is 69.7 Å². The van der Waals surface area contributed by atoms with E-state index in [0.29, 0.717) is 86.1 Å². The Hall–Kier alpha value is -8.14. The highest BCUT2D eigenvalue weighted by molar-refractivity contribution is 5.72. The first-order chi connectivity index (χ1) is 55.5. The van der Waals surface area contributed by atoms with Gasteiger partial charge < -0.3 is 14.2 Å². The Balaban J connectivity index is 0.000000379. The minimum Gasteiger partial charge on any atom is -0.490 e. The fourth-order valence-corrected chi connectivity index (χ4v) is 16.1. The molecule has 0 saturated heterocycles. The summed E-state index contributed by atoms with van der Waals surface area (Å²) in [5.74, 6) is -3.84. The number of aryl methyl sites for hydroxylation is 7. The number of hydrogen-bond acceptors (Lipinski definition) is 3. The third kappa shape index (κ3) is 30.6. The lowest BCUT2D eigenvalue weighted by molar-refractivity contribution is 0.00527. The Morgan fingerprint density at radius 3 is 0.992 bits per heavy atom. The van der Waals surface area contributed by atoms with E-state index in [9.17, 15) is 52.7 Å². The smallest absolute Gasteiger partial charge is 0.200 e. The summed E-state index contributed by atoms with van der Waals surface area (Å²) >= 11 is 0. The lowest BCUT2D eigenvalue weighted by Crippen LogP contribution is -2.21. The molecule has 122 heavy (non-hydrogen) atoms. The van der Waals surface area contributed by atoms with Crippen LogP contribution in [0.3, 0.4) is 0 Å². The molecule has 9 aromatic carbocycles. The van der Waals surface area contributed by atoms with Crippen LogP contribution < -0.4 is 4.74 Å². The molecule has 0 aromatic heterocycles. The van der Waals surface area contributed by atoms with Gasteiger partial charge in [0.25, 0.3) is 0 Å². The lowest BCUT2D eigenvalue weighted by atomic mass is 9.79. The van der Waals surface area contributed by atoms with E-state index in [2.05, 4.69) is 46.8 Å². The summed E-state index contributed by atoms with van der Waals surface area (Å²) < 4.78 is 183. The zero-order valence-corrected chi connectivity index (χ0v) is 70.1. The second-order valence-electron chi connectivity index (χ2n) is 34.0. The molecule has 5 saturated carbocycles. The summed E-state index contributed by atoms with van der Waals surface area (Å²) in [5.41, 5.74) is 9.57. The topological polar surface area (TPSA) is 27.7 Å². The molecule has 15 heteroatoms. The van der Waals surface area contributed by atoms with E-state index in [1.807, 2.05) is 57.2 Å². The van der Waals surface area contributed by atoms with Gasteiger partial charge in [-0.05, 0) is 247 Å². The molecular weight excluding hydrogens is 1560 g/mol. The van der Waals surface area contributed by atoms with Crippen molar-refractivity contribution >= 4 is 0 Å². The molecule has 0 bridgehead atoms. The molecule has 5 aliphatic carbocycles. The number of halogens is 12. The summed E-state index contributed by atoms with van der Waals surface area (Å²) in [6.45, 7) is 24.2. The van der Waals surface area contributed by atoms with Crippen LogP contribution in [0.1, 0.15) is 294 Å². The van der Waals surface area contributed by atoms with Crippen molar-refractivity contribution in [3.05, 3.63) is 277 Å². The maximum absolute atomic E-state index is 14.4. The predicted octanol–water partition coefficient (Wildman–Crippen LogP) is 34.4. The van der Waals surface area contributed by atoms with Crippen molar-refractivity contribution in [3.63, 3.8) is 0 Å². The lowest BCUT2D eigenvalue weighted by Gasteiger charge is -2.27. The van der Waals surface area contributed by atoms with E-state index in [0.717, 1.165) is 143 Å². The number of rotatable bonds is 16. The van der Waals surface area contributed by atoms with Gasteiger partial charge in [0.2, 0.25) is 5.82 Å². The maximum Gasteiger partial charge on any atom is 0.200 e. The van der Waals surface area contributed by atoms with Gasteiger partial charge in [-0.15, -0.1) is 0 Å². The number of hydrogen-bond donors (Lipinski definition) is 0. The Morgan fingerprint density at radius 2 is 0.582 bits per heavy atom. The maximum atomic E-state index is 14.4. The second kappa shape index (κ2) is 52.6. The molecule has 5 fully saturated rings. The van der Waals surface area contributed by atoms with Crippen LogP contribution in [-0.4, -0.2) is 18.8 Å². The van der Waals surface area contributed by atoms with Crippen LogP contribution >= 0.6 is 0 Å². The summed E-state index contributed by atoms with van der Waals surface area (Å²) in [5, 5.41) is 0. The van der Waals surface area contributed by atoms with Gasteiger partial charge in [-0.2, -0.15) is 4.39 Å². The molecule has 3 nitrogen and oxygen atoms in total. The Kier molecular flexibility index (Phi) is 46.6. The average molecular weight is 1710 g/mol. The van der Waals surface area contributed by atoms with Crippen molar-refractivity contribution in [1.82, 2.24) is 0 Å². The molecule has 0 aliphatic heterocycles. The third-order valence-corrected chi connectivity index (χ3v) is 24.4. The van der Waals surface area contributed by atoms with E-state index in [1.54, 1.807) is 119 Å². The van der Waals surface area contributed by atoms with Crippen LogP contribution in [0.4, 0.5) is 52.7 Å². The summed E-state index contributed by atoms with van der Waals surface area (Å²) in [6, 6.07) is 42.4. The monoisotopic (exact) mass is 1710 g/mol. The minimum atomic E-state index is -0.862. The van der Waals surface area contributed by atoms with Crippen molar-refractivity contribution < 1.29 is 66.9 Å². The zero-order valence-electron chi connectivity index (χ0n) is 70.1. The van der Waals surface area contributed by atoms with Crippen molar-refractivity contribution in [2.45, 2.75) is 306 Å². The van der Waals surface area contributed by atoms with Crippen LogP contribution in [-0.2, 0) is 29.1 Å². The van der Waals surface area contributed by atoms with Crippen LogP contribution in [0, 0.1) is 147 Å². The molecule has 674 valence electrons. The van der Waals surface area contributed by atoms with Crippen LogP contribution in [0.15, 0.2) is 146 Å². The van der Waals surface area contributed by atoms with E-state index in [-0.39, 0.29) is 92.8 Å². The SMILES string of the molecule is C.C.C.C.C.C.CC1CCC(OCc2ccc(COC3CCC(C)CC3)c(F)c2F)CC1.CCCc1ccc(C)c(F)c1F.Cc1ccc(-c2ccc(-c3ccc(C)cc3)c(F)c2F)cc1.Cc1ccc(-c2ccc(C3CCC(C)CC3)cc2)c(F)c1F.Cc1ccc(C2CCC(C)CC2)c(F)c1F.Cc1ccc(OCC2CCC(C)CC2)c(F)c1F. The van der Waals surface area contributed by atoms with Gasteiger partial charge in [-0.25, -0.2) is 48.3 Å². The molecule has 0 atom stereocenters. The molecule has 0 spiro atoms. The average Bonchev–Trinajstić information content (AvgIpc) is 0.811.